The van der Waals surface area contributed by atoms with E-state index >= 15 is 0 Å². The summed E-state index contributed by atoms with van der Waals surface area (Å²) in [7, 11) is 0. The molecular formula is C30H42N2O4. The molecule has 0 spiro atoms. The largest absolute Gasteiger partial charge is 0.476 e. The Morgan fingerprint density at radius 2 is 1.67 bits per heavy atom. The number of hydrogen-bond donors (Lipinski definition) is 1. The van der Waals surface area contributed by atoms with E-state index in [-0.39, 0.29) is 18.4 Å². The van der Waals surface area contributed by atoms with Crippen molar-refractivity contribution in [2.75, 3.05) is 24.6 Å². The summed E-state index contributed by atoms with van der Waals surface area (Å²) in [5, 5.41) is 3.32. The maximum Gasteiger partial charge on any atom is 0.349 e. The van der Waals surface area contributed by atoms with Gasteiger partial charge in [0.15, 0.2) is 5.60 Å². The highest BCUT2D eigenvalue weighted by molar-refractivity contribution is 5.80. The fourth-order valence-electron chi connectivity index (χ4n) is 4.69. The standard InChI is InChI=1S/C30H42N2O4/c1-6-35-29(34)30(4,5)36-24-16-14-23(15-17-24)21-28(33)31-26(20-22(2)3)25-12-8-9-13-27(25)32-18-10-7-11-19-32/h8-9,12-17,22,26H,6-7,10-11,18-21H2,1-5H3,(H,31,33). The topological polar surface area (TPSA) is 67.9 Å². The van der Waals surface area contributed by atoms with Crippen LogP contribution in [0, 0.1) is 5.92 Å². The van der Waals surface area contributed by atoms with Crippen LogP contribution in [0.2, 0.25) is 0 Å². The minimum Gasteiger partial charge on any atom is -0.476 e. The normalized spacial score (nSPS) is 14.9. The highest BCUT2D eigenvalue weighted by atomic mass is 16.6. The molecule has 1 heterocycles. The number of ether oxygens (including phenoxy) is 2. The molecule has 0 bridgehead atoms. The van der Waals surface area contributed by atoms with E-state index < -0.39 is 11.6 Å². The Kier molecular flexibility index (Phi) is 9.80. The Balaban J connectivity index is 1.68. The van der Waals surface area contributed by atoms with Gasteiger partial charge in [0, 0.05) is 18.8 Å². The first-order valence-corrected chi connectivity index (χ1v) is 13.3. The zero-order valence-electron chi connectivity index (χ0n) is 22.5. The minimum absolute atomic E-state index is 0.00498. The molecule has 2 aromatic carbocycles. The van der Waals surface area contributed by atoms with Gasteiger partial charge in [0.2, 0.25) is 5.91 Å². The summed E-state index contributed by atoms with van der Waals surface area (Å²) in [5.74, 6) is 0.596. The summed E-state index contributed by atoms with van der Waals surface area (Å²) in [6, 6.07) is 15.8. The van der Waals surface area contributed by atoms with E-state index in [2.05, 4.69) is 48.3 Å². The predicted octanol–water partition coefficient (Wildman–Crippen LogP) is 5.84. The lowest BCUT2D eigenvalue weighted by Crippen LogP contribution is -2.39. The molecule has 2 aromatic rings. The summed E-state index contributed by atoms with van der Waals surface area (Å²) in [5.41, 5.74) is 2.25. The van der Waals surface area contributed by atoms with E-state index in [1.165, 1.54) is 30.5 Å². The second-order valence-corrected chi connectivity index (χ2v) is 10.5. The number of hydrogen-bond acceptors (Lipinski definition) is 5. The summed E-state index contributed by atoms with van der Waals surface area (Å²) in [4.78, 5) is 27.7. The fourth-order valence-corrected chi connectivity index (χ4v) is 4.69. The number of esters is 1. The first-order chi connectivity index (χ1) is 17.2. The molecule has 1 saturated heterocycles. The molecule has 6 nitrogen and oxygen atoms in total. The van der Waals surface area contributed by atoms with Crippen LogP contribution < -0.4 is 15.0 Å². The number of carbonyl (C=O) groups is 2. The molecule has 0 saturated carbocycles. The zero-order chi connectivity index (χ0) is 26.1. The van der Waals surface area contributed by atoms with Crippen LogP contribution in [0.1, 0.15) is 77.5 Å². The van der Waals surface area contributed by atoms with Crippen LogP contribution in [-0.4, -0.2) is 37.2 Å². The summed E-state index contributed by atoms with van der Waals surface area (Å²) >= 11 is 0. The average molecular weight is 495 g/mol. The van der Waals surface area contributed by atoms with E-state index in [1.807, 2.05) is 12.1 Å². The SMILES string of the molecule is CCOC(=O)C(C)(C)Oc1ccc(CC(=O)NC(CC(C)C)c2ccccc2N2CCCCC2)cc1. The third-order valence-electron chi connectivity index (χ3n) is 6.48. The van der Waals surface area contributed by atoms with E-state index in [9.17, 15) is 9.59 Å². The summed E-state index contributed by atoms with van der Waals surface area (Å²) < 4.78 is 10.9. The lowest BCUT2D eigenvalue weighted by molar-refractivity contribution is -0.158. The molecule has 3 rings (SSSR count). The zero-order valence-corrected chi connectivity index (χ0v) is 22.5. The molecule has 1 aliphatic rings. The van der Waals surface area contributed by atoms with Crippen LogP contribution in [-0.2, 0) is 20.7 Å². The molecule has 0 radical (unpaired) electrons. The quantitative estimate of drug-likeness (QED) is 0.397. The highest BCUT2D eigenvalue weighted by Gasteiger charge is 2.31. The van der Waals surface area contributed by atoms with Crippen LogP contribution in [0.3, 0.4) is 0 Å². The first-order valence-electron chi connectivity index (χ1n) is 13.3. The van der Waals surface area contributed by atoms with Crippen molar-refractivity contribution in [3.8, 4) is 5.75 Å². The molecule has 1 fully saturated rings. The van der Waals surface area contributed by atoms with Gasteiger partial charge in [-0.15, -0.1) is 0 Å². The van der Waals surface area contributed by atoms with Crippen molar-refractivity contribution in [2.45, 2.75) is 78.4 Å². The molecule has 196 valence electrons. The number of anilines is 1. The van der Waals surface area contributed by atoms with Gasteiger partial charge in [0.1, 0.15) is 5.75 Å². The van der Waals surface area contributed by atoms with Gasteiger partial charge in [-0.3, -0.25) is 4.79 Å². The van der Waals surface area contributed by atoms with Gasteiger partial charge >= 0.3 is 5.97 Å². The van der Waals surface area contributed by atoms with Crippen molar-refractivity contribution in [1.29, 1.82) is 0 Å². The van der Waals surface area contributed by atoms with Gasteiger partial charge in [-0.2, -0.15) is 0 Å². The Hall–Kier alpha value is -3.02. The average Bonchev–Trinajstić information content (AvgIpc) is 2.85. The number of carbonyl (C=O) groups excluding carboxylic acids is 2. The number of nitrogens with zero attached hydrogens (tertiary/aromatic N) is 1. The fraction of sp³-hybridized carbons (Fsp3) is 0.533. The third kappa shape index (κ3) is 7.74. The highest BCUT2D eigenvalue weighted by Crippen LogP contribution is 2.32. The van der Waals surface area contributed by atoms with Crippen molar-refractivity contribution in [1.82, 2.24) is 5.32 Å². The van der Waals surface area contributed by atoms with Gasteiger partial charge < -0.3 is 19.7 Å². The molecular weight excluding hydrogens is 452 g/mol. The molecule has 0 aliphatic carbocycles. The number of amides is 1. The maximum absolute atomic E-state index is 13.1. The van der Waals surface area contributed by atoms with Gasteiger partial charge in [0.25, 0.3) is 0 Å². The van der Waals surface area contributed by atoms with Gasteiger partial charge in [-0.25, -0.2) is 4.79 Å². The van der Waals surface area contributed by atoms with Crippen molar-refractivity contribution in [3.63, 3.8) is 0 Å². The first kappa shape index (κ1) is 27.6. The molecule has 0 aromatic heterocycles. The Labute approximate surface area is 216 Å². The molecule has 1 aliphatic heterocycles. The van der Waals surface area contributed by atoms with Crippen molar-refractivity contribution in [2.24, 2.45) is 5.92 Å². The number of benzene rings is 2. The van der Waals surface area contributed by atoms with Crippen LogP contribution in [0.5, 0.6) is 5.75 Å². The smallest absolute Gasteiger partial charge is 0.349 e. The van der Waals surface area contributed by atoms with Crippen LogP contribution in [0.25, 0.3) is 0 Å². The van der Waals surface area contributed by atoms with Crippen LogP contribution in [0.15, 0.2) is 48.5 Å². The molecule has 1 atom stereocenters. The van der Waals surface area contributed by atoms with Gasteiger partial charge in [-0.1, -0.05) is 44.2 Å². The number of nitrogens with one attached hydrogen (secondary N) is 1. The van der Waals surface area contributed by atoms with Gasteiger partial charge in [0.05, 0.1) is 19.1 Å². The Morgan fingerprint density at radius 1 is 1.00 bits per heavy atom. The second-order valence-electron chi connectivity index (χ2n) is 10.5. The molecule has 36 heavy (non-hydrogen) atoms. The molecule has 1 unspecified atom stereocenters. The van der Waals surface area contributed by atoms with E-state index in [0.717, 1.165) is 25.1 Å². The van der Waals surface area contributed by atoms with E-state index in [4.69, 9.17) is 9.47 Å². The summed E-state index contributed by atoms with van der Waals surface area (Å²) in [6.07, 6.45) is 4.88. The summed E-state index contributed by atoms with van der Waals surface area (Å²) in [6.45, 7) is 12.0. The third-order valence-corrected chi connectivity index (χ3v) is 6.48. The van der Waals surface area contributed by atoms with Crippen molar-refractivity contribution in [3.05, 3.63) is 59.7 Å². The van der Waals surface area contributed by atoms with E-state index in [1.54, 1.807) is 32.9 Å². The number of piperidine rings is 1. The van der Waals surface area contributed by atoms with Crippen LogP contribution in [0.4, 0.5) is 5.69 Å². The molecule has 1 N–H and O–H groups in total. The van der Waals surface area contributed by atoms with Crippen molar-refractivity contribution < 1.29 is 19.1 Å². The lowest BCUT2D eigenvalue weighted by Gasteiger charge is -2.33. The van der Waals surface area contributed by atoms with Crippen molar-refractivity contribution >= 4 is 17.6 Å². The number of para-hydroxylation sites is 1. The van der Waals surface area contributed by atoms with Crippen LogP contribution >= 0.6 is 0 Å². The number of rotatable bonds is 11. The van der Waals surface area contributed by atoms with Gasteiger partial charge in [-0.05, 0) is 81.7 Å². The monoisotopic (exact) mass is 494 g/mol. The Morgan fingerprint density at radius 3 is 2.31 bits per heavy atom. The molecule has 6 heteroatoms. The Bertz CT molecular complexity index is 994. The maximum atomic E-state index is 13.1. The predicted molar refractivity (Wildman–Crippen MR) is 144 cm³/mol. The minimum atomic E-state index is -1.08. The van der Waals surface area contributed by atoms with E-state index in [0.29, 0.717) is 18.3 Å². The second kappa shape index (κ2) is 12.8. The lowest BCUT2D eigenvalue weighted by atomic mass is 9.94. The molecule has 1 amide bonds.